The Hall–Kier alpha value is -3.43. The smallest absolute Gasteiger partial charge is 0.263 e. The van der Waals surface area contributed by atoms with Crippen molar-refractivity contribution in [1.82, 2.24) is 4.98 Å². The predicted octanol–water partition coefficient (Wildman–Crippen LogP) is 6.36. The molecule has 0 N–H and O–H groups in total. The standard InChI is InChI=1S/C19H10F6N2O2/c20-18(21,22)13-5-1-11(2-6-13)15-9-26-10-16(17(15)27(28)29)12-3-7-14(8-4-12)19(23,24)25/h1-10H. The molecule has 0 fully saturated rings. The Labute approximate surface area is 159 Å². The average Bonchev–Trinajstić information content (AvgIpc) is 2.66. The molecule has 0 amide bonds. The van der Waals surface area contributed by atoms with E-state index in [1.54, 1.807) is 0 Å². The van der Waals surface area contributed by atoms with Gasteiger partial charge in [-0.3, -0.25) is 15.1 Å². The monoisotopic (exact) mass is 412 g/mol. The number of aromatic nitrogens is 1. The van der Waals surface area contributed by atoms with Crippen molar-refractivity contribution in [3.8, 4) is 22.3 Å². The van der Waals surface area contributed by atoms with Gasteiger partial charge in [-0.15, -0.1) is 0 Å². The molecular formula is C19H10F6N2O2. The molecule has 0 aliphatic heterocycles. The number of nitro groups is 1. The maximum atomic E-state index is 12.7. The zero-order valence-corrected chi connectivity index (χ0v) is 14.3. The molecule has 4 nitrogen and oxygen atoms in total. The van der Waals surface area contributed by atoms with Crippen LogP contribution in [0.4, 0.5) is 32.0 Å². The second kappa shape index (κ2) is 7.19. The second-order valence-electron chi connectivity index (χ2n) is 5.99. The molecule has 0 bridgehead atoms. The molecule has 2 aromatic carbocycles. The molecule has 3 aromatic rings. The number of alkyl halides is 6. The second-order valence-corrected chi connectivity index (χ2v) is 5.99. The largest absolute Gasteiger partial charge is 0.416 e. The van der Waals surface area contributed by atoms with Gasteiger partial charge in [0.1, 0.15) is 0 Å². The number of hydrogen-bond acceptors (Lipinski definition) is 3. The molecule has 0 aliphatic rings. The predicted molar refractivity (Wildman–Crippen MR) is 91.8 cm³/mol. The minimum Gasteiger partial charge on any atom is -0.263 e. The molecule has 1 aromatic heterocycles. The van der Waals surface area contributed by atoms with Crippen LogP contribution in [-0.4, -0.2) is 9.91 Å². The summed E-state index contributed by atoms with van der Waals surface area (Å²) in [6.07, 6.45) is -6.89. The minimum absolute atomic E-state index is 0.0545. The minimum atomic E-state index is -4.56. The fourth-order valence-electron chi connectivity index (χ4n) is 2.75. The SMILES string of the molecule is O=[N+]([O-])c1c(-c2ccc(C(F)(F)F)cc2)cncc1-c1ccc(C(F)(F)F)cc1. The van der Waals surface area contributed by atoms with Gasteiger partial charge < -0.3 is 0 Å². The highest BCUT2D eigenvalue weighted by atomic mass is 19.4. The lowest BCUT2D eigenvalue weighted by molar-refractivity contribution is -0.383. The van der Waals surface area contributed by atoms with Gasteiger partial charge in [-0.05, 0) is 35.4 Å². The van der Waals surface area contributed by atoms with E-state index in [1.165, 1.54) is 0 Å². The Balaban J connectivity index is 2.11. The number of hydrogen-bond donors (Lipinski definition) is 0. The van der Waals surface area contributed by atoms with Crippen molar-refractivity contribution in [2.24, 2.45) is 0 Å². The first kappa shape index (κ1) is 20.3. The summed E-state index contributed by atoms with van der Waals surface area (Å²) in [4.78, 5) is 14.8. The van der Waals surface area contributed by atoms with E-state index in [-0.39, 0.29) is 22.3 Å². The molecule has 0 aliphatic carbocycles. The maximum Gasteiger partial charge on any atom is 0.416 e. The van der Waals surface area contributed by atoms with Crippen LogP contribution in [0.25, 0.3) is 22.3 Å². The van der Waals surface area contributed by atoms with E-state index in [2.05, 4.69) is 4.98 Å². The van der Waals surface area contributed by atoms with E-state index in [4.69, 9.17) is 0 Å². The molecule has 0 unspecified atom stereocenters. The van der Waals surface area contributed by atoms with Gasteiger partial charge in [0.05, 0.1) is 27.2 Å². The number of nitrogens with zero attached hydrogens (tertiary/aromatic N) is 2. The third-order valence-corrected chi connectivity index (χ3v) is 4.15. The topological polar surface area (TPSA) is 56.0 Å². The highest BCUT2D eigenvalue weighted by Gasteiger charge is 2.32. The summed E-state index contributed by atoms with van der Waals surface area (Å²) in [5.41, 5.74) is -2.19. The summed E-state index contributed by atoms with van der Waals surface area (Å²) in [7, 11) is 0. The molecule has 10 heteroatoms. The zero-order chi connectivity index (χ0) is 21.4. The molecular weight excluding hydrogens is 402 g/mol. The lowest BCUT2D eigenvalue weighted by Gasteiger charge is -2.11. The van der Waals surface area contributed by atoms with Gasteiger partial charge in [-0.1, -0.05) is 24.3 Å². The van der Waals surface area contributed by atoms with Crippen LogP contribution in [0.5, 0.6) is 0 Å². The highest BCUT2D eigenvalue weighted by Crippen LogP contribution is 2.39. The molecule has 0 atom stereocenters. The molecule has 0 spiro atoms. The van der Waals surface area contributed by atoms with Crippen molar-refractivity contribution in [3.63, 3.8) is 0 Å². The Morgan fingerprint density at radius 2 is 1.03 bits per heavy atom. The van der Waals surface area contributed by atoms with Crippen molar-refractivity contribution in [1.29, 1.82) is 0 Å². The van der Waals surface area contributed by atoms with E-state index in [0.717, 1.165) is 60.9 Å². The van der Waals surface area contributed by atoms with Gasteiger partial charge >= 0.3 is 12.4 Å². The average molecular weight is 412 g/mol. The lowest BCUT2D eigenvalue weighted by atomic mass is 9.97. The fourth-order valence-corrected chi connectivity index (χ4v) is 2.75. The Morgan fingerprint density at radius 3 is 1.31 bits per heavy atom. The molecule has 0 saturated heterocycles. The molecule has 29 heavy (non-hydrogen) atoms. The van der Waals surface area contributed by atoms with Gasteiger partial charge in [-0.25, -0.2) is 0 Å². The van der Waals surface area contributed by atoms with Crippen LogP contribution < -0.4 is 0 Å². The first-order chi connectivity index (χ1) is 13.5. The summed E-state index contributed by atoms with van der Waals surface area (Å²) < 4.78 is 76.4. The number of pyridine rings is 1. The van der Waals surface area contributed by atoms with E-state index < -0.39 is 34.1 Å². The summed E-state index contributed by atoms with van der Waals surface area (Å²) >= 11 is 0. The van der Waals surface area contributed by atoms with Gasteiger partial charge in [-0.2, -0.15) is 26.3 Å². The first-order valence-corrected chi connectivity index (χ1v) is 7.96. The first-order valence-electron chi connectivity index (χ1n) is 7.96. The van der Waals surface area contributed by atoms with Gasteiger partial charge in [0, 0.05) is 12.4 Å². The van der Waals surface area contributed by atoms with Crippen molar-refractivity contribution >= 4 is 5.69 Å². The van der Waals surface area contributed by atoms with Crippen LogP contribution in [0.15, 0.2) is 60.9 Å². The molecule has 0 saturated carbocycles. The van der Waals surface area contributed by atoms with Crippen LogP contribution in [0, 0.1) is 10.1 Å². The molecule has 150 valence electrons. The fraction of sp³-hybridized carbons (Fsp3) is 0.105. The van der Waals surface area contributed by atoms with Crippen molar-refractivity contribution in [3.05, 3.63) is 82.2 Å². The number of halogens is 6. The Morgan fingerprint density at radius 1 is 0.690 bits per heavy atom. The number of rotatable bonds is 3. The zero-order valence-electron chi connectivity index (χ0n) is 14.3. The van der Waals surface area contributed by atoms with Crippen LogP contribution in [-0.2, 0) is 12.4 Å². The molecule has 1 heterocycles. The van der Waals surface area contributed by atoms with Crippen LogP contribution in [0.3, 0.4) is 0 Å². The quantitative estimate of drug-likeness (QED) is 0.286. The van der Waals surface area contributed by atoms with Gasteiger partial charge in [0.25, 0.3) is 5.69 Å². The van der Waals surface area contributed by atoms with Gasteiger partial charge in [0.2, 0.25) is 0 Å². The Kier molecular flexibility index (Phi) is 5.04. The summed E-state index contributed by atoms with van der Waals surface area (Å²) in [6, 6.07) is 7.42. The third kappa shape index (κ3) is 4.20. The van der Waals surface area contributed by atoms with Gasteiger partial charge in [0.15, 0.2) is 0 Å². The summed E-state index contributed by atoms with van der Waals surface area (Å²) in [5, 5.41) is 11.7. The van der Waals surface area contributed by atoms with Crippen molar-refractivity contribution in [2.75, 3.05) is 0 Å². The van der Waals surface area contributed by atoms with E-state index >= 15 is 0 Å². The van der Waals surface area contributed by atoms with E-state index in [0.29, 0.717) is 0 Å². The third-order valence-electron chi connectivity index (χ3n) is 4.15. The highest BCUT2D eigenvalue weighted by molar-refractivity contribution is 5.85. The van der Waals surface area contributed by atoms with E-state index in [1.807, 2.05) is 0 Å². The van der Waals surface area contributed by atoms with Crippen LogP contribution in [0.1, 0.15) is 11.1 Å². The van der Waals surface area contributed by atoms with Crippen molar-refractivity contribution < 1.29 is 31.3 Å². The maximum absolute atomic E-state index is 12.7. The van der Waals surface area contributed by atoms with Crippen LogP contribution >= 0.6 is 0 Å². The number of benzene rings is 2. The van der Waals surface area contributed by atoms with Crippen molar-refractivity contribution in [2.45, 2.75) is 12.4 Å². The lowest BCUT2D eigenvalue weighted by Crippen LogP contribution is -2.04. The summed E-state index contributed by atoms with van der Waals surface area (Å²) in [5.74, 6) is 0. The molecule has 3 rings (SSSR count). The Bertz CT molecular complexity index is 967. The normalized spacial score (nSPS) is 12.1. The molecule has 0 radical (unpaired) electrons. The van der Waals surface area contributed by atoms with E-state index in [9.17, 15) is 36.5 Å². The van der Waals surface area contributed by atoms with Crippen LogP contribution in [0.2, 0.25) is 0 Å². The summed E-state index contributed by atoms with van der Waals surface area (Å²) in [6.45, 7) is 0.